The van der Waals surface area contributed by atoms with E-state index in [1.807, 2.05) is 97.3 Å². The second-order valence-electron chi connectivity index (χ2n) is 20.6. The van der Waals surface area contributed by atoms with Crippen LogP contribution in [0.3, 0.4) is 0 Å². The Morgan fingerprint density at radius 2 is 1.07 bits per heavy atom. The normalized spacial score (nSPS) is 12.5. The first-order valence-electron chi connectivity index (χ1n) is 24.5. The van der Waals surface area contributed by atoms with E-state index in [1.165, 1.54) is 33.4 Å². The topological polar surface area (TPSA) is 47.5 Å². The van der Waals surface area contributed by atoms with Crippen LogP contribution in [0.1, 0.15) is 86.2 Å². The summed E-state index contributed by atoms with van der Waals surface area (Å²) in [6, 6.07) is 65.4. The van der Waals surface area contributed by atoms with Crippen molar-refractivity contribution in [2.24, 2.45) is 0 Å². The van der Waals surface area contributed by atoms with E-state index >= 15 is 0 Å². The van der Waals surface area contributed by atoms with Gasteiger partial charge in [-0.1, -0.05) is 144 Å². The van der Waals surface area contributed by atoms with Crippen LogP contribution < -0.4 is 14.4 Å². The number of para-hydroxylation sites is 2. The molecule has 0 aliphatic heterocycles. The molecule has 0 bridgehead atoms. The van der Waals surface area contributed by atoms with E-state index < -0.39 is 5.41 Å². The zero-order chi connectivity index (χ0) is 49.9. The minimum atomic E-state index is -0.911. The van der Waals surface area contributed by atoms with Gasteiger partial charge < -0.3 is 14.4 Å². The second kappa shape index (κ2) is 19.8. The van der Waals surface area contributed by atoms with E-state index in [9.17, 15) is 0 Å². The number of pyridine rings is 2. The van der Waals surface area contributed by atoms with Crippen molar-refractivity contribution < 1.29 is 9.47 Å². The average Bonchev–Trinajstić information content (AvgIpc) is 3.35. The number of hydrogen-bond donors (Lipinski definition) is 0. The molecule has 5 nitrogen and oxygen atoms in total. The Balaban J connectivity index is 1.17. The van der Waals surface area contributed by atoms with Crippen LogP contribution in [0, 0.1) is 20.8 Å². The van der Waals surface area contributed by atoms with Crippen LogP contribution in [0.15, 0.2) is 213 Å². The molecule has 0 fully saturated rings. The van der Waals surface area contributed by atoms with Crippen LogP contribution in [0.4, 0.5) is 17.1 Å². The Labute approximate surface area is 421 Å². The summed E-state index contributed by atoms with van der Waals surface area (Å²) < 4.78 is 13.7. The van der Waals surface area contributed by atoms with E-state index in [4.69, 9.17) is 19.4 Å². The monoisotopic (exact) mass is 929 g/mol. The van der Waals surface area contributed by atoms with Gasteiger partial charge in [0.1, 0.15) is 23.0 Å². The van der Waals surface area contributed by atoms with Crippen LogP contribution in [0.2, 0.25) is 0 Å². The lowest BCUT2D eigenvalue weighted by atomic mass is 9.71. The summed E-state index contributed by atoms with van der Waals surface area (Å²) in [5.74, 6) is 2.79. The first kappa shape index (κ1) is 48.0. The fourth-order valence-corrected chi connectivity index (χ4v) is 9.78. The van der Waals surface area contributed by atoms with Gasteiger partial charge in [0.25, 0.3) is 0 Å². The molecule has 354 valence electrons. The standard InChI is InChI=1S/C66H63N3O2/c1-11-66(62-26-17-18-36-68-62,59-24-15-16-25-61(59)71-56-21-13-12-14-22-56)52-20-19-23-57(43-52)70-58-41-48(40-49(42-58)63-46(3)38-45(2)39-47(63)4)60-44-55(35-37-67-60)69(53-31-27-50(28-32-53)64(5,6)7)54-33-29-51(30-34-54)65(8,9)10/h11-44H,1H2,2-10H3/t66-/m0/s1. The third kappa shape index (κ3) is 10.2. The van der Waals surface area contributed by atoms with Gasteiger partial charge in [0.05, 0.1) is 16.8 Å². The molecule has 0 saturated heterocycles. The van der Waals surface area contributed by atoms with Gasteiger partial charge in [-0.15, -0.1) is 6.58 Å². The summed E-state index contributed by atoms with van der Waals surface area (Å²) in [7, 11) is 0. The molecule has 9 rings (SSSR count). The highest BCUT2D eigenvalue weighted by molar-refractivity contribution is 5.82. The molecule has 2 heterocycles. The molecule has 2 aromatic heterocycles. The SMILES string of the molecule is C=C[C@@](c1cccc(Oc2cc(-c3cc(N(c4ccc(C(C)(C)C)cc4)c4ccc(C(C)(C)C)cc4)ccn3)cc(-c3c(C)cc(C)cc3C)c2)c1)(c1ccccn1)c1ccccc1Oc1ccccc1. The molecule has 0 aliphatic rings. The number of anilines is 3. The number of allylic oxidation sites excluding steroid dienone is 1. The largest absolute Gasteiger partial charge is 0.457 e. The molecular formula is C66H63N3O2. The van der Waals surface area contributed by atoms with Gasteiger partial charge in [-0.05, 0) is 168 Å². The summed E-state index contributed by atoms with van der Waals surface area (Å²) in [6.45, 7) is 24.5. The highest BCUT2D eigenvalue weighted by Gasteiger charge is 2.38. The maximum atomic E-state index is 7.05. The van der Waals surface area contributed by atoms with E-state index in [1.54, 1.807) is 0 Å². The molecule has 7 aromatic carbocycles. The lowest BCUT2D eigenvalue weighted by Gasteiger charge is -2.33. The molecular weight excluding hydrogens is 867 g/mol. The fourth-order valence-electron chi connectivity index (χ4n) is 9.78. The lowest BCUT2D eigenvalue weighted by Crippen LogP contribution is -2.28. The van der Waals surface area contributed by atoms with Crippen molar-refractivity contribution in [2.75, 3.05) is 4.90 Å². The Bertz CT molecular complexity index is 3230. The molecule has 0 radical (unpaired) electrons. The van der Waals surface area contributed by atoms with Gasteiger partial charge in [-0.3, -0.25) is 9.97 Å². The molecule has 9 aromatic rings. The van der Waals surface area contributed by atoms with Gasteiger partial charge in [-0.25, -0.2) is 0 Å². The summed E-state index contributed by atoms with van der Waals surface area (Å²) in [5, 5.41) is 0. The Morgan fingerprint density at radius 1 is 0.465 bits per heavy atom. The minimum Gasteiger partial charge on any atom is -0.457 e. The van der Waals surface area contributed by atoms with Gasteiger partial charge in [0.2, 0.25) is 0 Å². The van der Waals surface area contributed by atoms with E-state index in [2.05, 4.69) is 183 Å². The molecule has 1 atom stereocenters. The van der Waals surface area contributed by atoms with Crippen molar-refractivity contribution >= 4 is 17.1 Å². The lowest BCUT2D eigenvalue weighted by molar-refractivity contribution is 0.467. The van der Waals surface area contributed by atoms with Gasteiger partial charge in [0, 0.05) is 40.6 Å². The zero-order valence-electron chi connectivity index (χ0n) is 42.5. The third-order valence-electron chi connectivity index (χ3n) is 13.3. The van der Waals surface area contributed by atoms with Gasteiger partial charge in [-0.2, -0.15) is 0 Å². The third-order valence-corrected chi connectivity index (χ3v) is 13.3. The molecule has 0 amide bonds. The van der Waals surface area contributed by atoms with Crippen molar-refractivity contribution in [1.82, 2.24) is 9.97 Å². The van der Waals surface area contributed by atoms with Crippen LogP contribution in [-0.2, 0) is 16.2 Å². The van der Waals surface area contributed by atoms with Crippen LogP contribution in [-0.4, -0.2) is 9.97 Å². The summed E-state index contributed by atoms with van der Waals surface area (Å²) in [4.78, 5) is 12.3. The fraction of sp³-hybridized carbons (Fsp3) is 0.182. The summed E-state index contributed by atoms with van der Waals surface area (Å²) in [6.07, 6.45) is 5.70. The number of aryl methyl sites for hydroxylation is 3. The first-order chi connectivity index (χ1) is 34.1. The molecule has 0 N–H and O–H groups in total. The number of rotatable bonds is 13. The smallest absolute Gasteiger partial charge is 0.132 e. The quantitative estimate of drug-likeness (QED) is 0.108. The predicted molar refractivity (Wildman–Crippen MR) is 295 cm³/mol. The number of hydrogen-bond acceptors (Lipinski definition) is 5. The van der Waals surface area contributed by atoms with E-state index in [0.717, 1.165) is 56.5 Å². The van der Waals surface area contributed by atoms with Gasteiger partial charge >= 0.3 is 0 Å². The molecule has 5 heteroatoms. The van der Waals surface area contributed by atoms with Crippen molar-refractivity contribution in [3.05, 3.63) is 258 Å². The van der Waals surface area contributed by atoms with Crippen LogP contribution in [0.25, 0.3) is 22.4 Å². The van der Waals surface area contributed by atoms with Gasteiger partial charge in [0.15, 0.2) is 0 Å². The van der Waals surface area contributed by atoms with E-state index in [0.29, 0.717) is 17.2 Å². The first-order valence-corrected chi connectivity index (χ1v) is 24.5. The Kier molecular flexibility index (Phi) is 13.4. The summed E-state index contributed by atoms with van der Waals surface area (Å²) in [5.41, 5.74) is 15.1. The zero-order valence-corrected chi connectivity index (χ0v) is 42.5. The molecule has 0 spiro atoms. The van der Waals surface area contributed by atoms with Crippen LogP contribution in [0.5, 0.6) is 23.0 Å². The Morgan fingerprint density at radius 3 is 1.69 bits per heavy atom. The maximum absolute atomic E-state index is 7.05. The number of benzene rings is 7. The van der Waals surface area contributed by atoms with Crippen molar-refractivity contribution in [2.45, 2.75) is 78.6 Å². The maximum Gasteiger partial charge on any atom is 0.132 e. The number of aromatic nitrogens is 2. The Hall–Kier alpha value is -8.02. The minimum absolute atomic E-state index is 0.0264. The summed E-state index contributed by atoms with van der Waals surface area (Å²) >= 11 is 0. The predicted octanol–water partition coefficient (Wildman–Crippen LogP) is 17.9. The van der Waals surface area contributed by atoms with Crippen LogP contribution >= 0.6 is 0 Å². The number of nitrogens with zero attached hydrogens (tertiary/aromatic N) is 3. The van der Waals surface area contributed by atoms with Crippen molar-refractivity contribution in [1.29, 1.82) is 0 Å². The second-order valence-corrected chi connectivity index (χ2v) is 20.6. The highest BCUT2D eigenvalue weighted by atomic mass is 16.5. The van der Waals surface area contributed by atoms with E-state index in [-0.39, 0.29) is 10.8 Å². The number of ether oxygens (including phenoxy) is 2. The molecule has 0 aliphatic carbocycles. The molecule has 71 heavy (non-hydrogen) atoms. The van der Waals surface area contributed by atoms with Crippen molar-refractivity contribution in [3.63, 3.8) is 0 Å². The van der Waals surface area contributed by atoms with Crippen molar-refractivity contribution in [3.8, 4) is 45.4 Å². The molecule has 0 saturated carbocycles. The molecule has 0 unspecified atom stereocenters. The average molecular weight is 930 g/mol. The highest BCUT2D eigenvalue weighted by Crippen LogP contribution is 2.47.